The maximum absolute atomic E-state index is 5.93. The number of benzene rings is 1. The van der Waals surface area contributed by atoms with E-state index in [4.69, 9.17) is 4.74 Å². The van der Waals surface area contributed by atoms with Gasteiger partial charge in [0, 0.05) is 44.6 Å². The molecule has 4 heteroatoms. The molecule has 0 aliphatic carbocycles. The average molecular weight is 309 g/mol. The van der Waals surface area contributed by atoms with Crippen molar-refractivity contribution in [3.8, 4) is 0 Å². The third-order valence-electron chi connectivity index (χ3n) is 4.94. The first-order valence-corrected chi connectivity index (χ1v) is 8.40. The Bertz CT molecular complexity index is 619. The van der Waals surface area contributed by atoms with Gasteiger partial charge in [0.15, 0.2) is 0 Å². The van der Waals surface area contributed by atoms with E-state index in [0.717, 1.165) is 39.4 Å². The van der Waals surface area contributed by atoms with Gasteiger partial charge in [0.25, 0.3) is 0 Å². The van der Waals surface area contributed by atoms with Gasteiger partial charge in [-0.05, 0) is 23.3 Å². The van der Waals surface area contributed by atoms with Crippen LogP contribution in [0.2, 0.25) is 0 Å². The van der Waals surface area contributed by atoms with Gasteiger partial charge in [0.05, 0.1) is 19.3 Å². The fourth-order valence-electron chi connectivity index (χ4n) is 3.76. The Morgan fingerprint density at radius 2 is 1.83 bits per heavy atom. The molecule has 0 unspecified atom stereocenters. The molecule has 0 N–H and O–H groups in total. The minimum atomic E-state index is 0.401. The summed E-state index contributed by atoms with van der Waals surface area (Å²) in [7, 11) is 0. The predicted molar refractivity (Wildman–Crippen MR) is 90.0 cm³/mol. The van der Waals surface area contributed by atoms with Crippen molar-refractivity contribution in [2.24, 2.45) is 0 Å². The number of fused-ring (bicyclic) bond motifs is 1. The van der Waals surface area contributed by atoms with Crippen molar-refractivity contribution in [3.63, 3.8) is 0 Å². The minimum absolute atomic E-state index is 0.401. The van der Waals surface area contributed by atoms with Crippen LogP contribution in [0.5, 0.6) is 0 Å². The predicted octanol–water partition coefficient (Wildman–Crippen LogP) is 2.34. The Labute approximate surface area is 137 Å². The van der Waals surface area contributed by atoms with Crippen LogP contribution in [0.15, 0.2) is 54.9 Å². The van der Waals surface area contributed by atoms with Gasteiger partial charge in [-0.25, -0.2) is 0 Å². The highest BCUT2D eigenvalue weighted by atomic mass is 16.5. The molecule has 2 aromatic rings. The summed E-state index contributed by atoms with van der Waals surface area (Å²) >= 11 is 0. The number of aromatic nitrogens is 1. The van der Waals surface area contributed by atoms with E-state index in [1.165, 1.54) is 11.1 Å². The van der Waals surface area contributed by atoms with Crippen molar-refractivity contribution in [2.45, 2.75) is 18.6 Å². The van der Waals surface area contributed by atoms with E-state index >= 15 is 0 Å². The highest BCUT2D eigenvalue weighted by molar-refractivity contribution is 5.20. The fraction of sp³-hybridized carbons (Fsp3) is 0.421. The van der Waals surface area contributed by atoms with Crippen molar-refractivity contribution < 1.29 is 4.74 Å². The third kappa shape index (κ3) is 3.29. The number of hydrogen-bond donors (Lipinski definition) is 0. The summed E-state index contributed by atoms with van der Waals surface area (Å²) in [5.41, 5.74) is 2.71. The van der Waals surface area contributed by atoms with E-state index in [9.17, 15) is 0 Å². The molecule has 2 atom stereocenters. The van der Waals surface area contributed by atoms with Gasteiger partial charge in [-0.15, -0.1) is 0 Å². The summed E-state index contributed by atoms with van der Waals surface area (Å²) in [6.45, 7) is 5.95. The standard InChI is InChI=1S/C19H23N3O/c1-2-4-17(5-3-1)19-15-23-14-18-13-21(10-11-22(18)19)12-16-6-8-20-9-7-16/h1-9,18-19H,10-15H2/t18-,19-/m1/s1. The Hall–Kier alpha value is -1.75. The zero-order chi connectivity index (χ0) is 15.5. The molecule has 0 radical (unpaired) electrons. The van der Waals surface area contributed by atoms with Gasteiger partial charge >= 0.3 is 0 Å². The maximum atomic E-state index is 5.93. The van der Waals surface area contributed by atoms with E-state index < -0.39 is 0 Å². The van der Waals surface area contributed by atoms with Crippen LogP contribution in [-0.2, 0) is 11.3 Å². The smallest absolute Gasteiger partial charge is 0.0664 e. The van der Waals surface area contributed by atoms with Crippen molar-refractivity contribution in [1.29, 1.82) is 0 Å². The number of piperazine rings is 1. The van der Waals surface area contributed by atoms with E-state index in [1.807, 2.05) is 12.4 Å². The Morgan fingerprint density at radius 3 is 2.65 bits per heavy atom. The number of nitrogens with zero attached hydrogens (tertiary/aromatic N) is 3. The molecule has 2 saturated heterocycles. The lowest BCUT2D eigenvalue weighted by Crippen LogP contribution is -2.58. The SMILES string of the molecule is c1ccc([C@H]2COC[C@H]3CN(Cc4ccncc4)CCN32)cc1. The van der Waals surface area contributed by atoms with Crippen molar-refractivity contribution in [3.05, 3.63) is 66.0 Å². The first kappa shape index (κ1) is 14.8. The molecule has 2 aliphatic heterocycles. The number of rotatable bonds is 3. The van der Waals surface area contributed by atoms with Gasteiger partial charge in [0.1, 0.15) is 0 Å². The lowest BCUT2D eigenvalue weighted by molar-refractivity contribution is -0.0835. The van der Waals surface area contributed by atoms with Gasteiger partial charge < -0.3 is 4.74 Å². The van der Waals surface area contributed by atoms with Crippen molar-refractivity contribution in [1.82, 2.24) is 14.8 Å². The normalized spacial score (nSPS) is 25.9. The highest BCUT2D eigenvalue weighted by Crippen LogP contribution is 2.29. The van der Waals surface area contributed by atoms with E-state index in [-0.39, 0.29) is 0 Å². The molecule has 2 aliphatic rings. The number of hydrogen-bond acceptors (Lipinski definition) is 4. The minimum Gasteiger partial charge on any atom is -0.378 e. The average Bonchev–Trinajstić information content (AvgIpc) is 2.63. The van der Waals surface area contributed by atoms with Crippen LogP contribution in [-0.4, -0.2) is 53.7 Å². The lowest BCUT2D eigenvalue weighted by atomic mass is 10.00. The van der Waals surface area contributed by atoms with Crippen molar-refractivity contribution >= 4 is 0 Å². The number of ether oxygens (including phenoxy) is 1. The molecule has 3 heterocycles. The summed E-state index contributed by atoms with van der Waals surface area (Å²) in [5, 5.41) is 0. The Kier molecular flexibility index (Phi) is 4.37. The highest BCUT2D eigenvalue weighted by Gasteiger charge is 2.36. The summed E-state index contributed by atoms with van der Waals surface area (Å²) in [4.78, 5) is 9.28. The molecule has 1 aromatic heterocycles. The maximum Gasteiger partial charge on any atom is 0.0664 e. The van der Waals surface area contributed by atoms with Crippen LogP contribution in [0.1, 0.15) is 17.2 Å². The van der Waals surface area contributed by atoms with E-state index in [2.05, 4.69) is 57.2 Å². The van der Waals surface area contributed by atoms with Crippen LogP contribution in [0.4, 0.5) is 0 Å². The quantitative estimate of drug-likeness (QED) is 0.870. The molecular weight excluding hydrogens is 286 g/mol. The van der Waals surface area contributed by atoms with Gasteiger partial charge in [-0.2, -0.15) is 0 Å². The second-order valence-corrected chi connectivity index (χ2v) is 6.45. The molecule has 0 bridgehead atoms. The molecule has 23 heavy (non-hydrogen) atoms. The zero-order valence-corrected chi connectivity index (χ0v) is 13.3. The Balaban J connectivity index is 1.44. The summed E-state index contributed by atoms with van der Waals surface area (Å²) in [5.74, 6) is 0. The molecule has 2 fully saturated rings. The van der Waals surface area contributed by atoms with Gasteiger partial charge in [-0.3, -0.25) is 14.8 Å². The molecular formula is C19H23N3O. The summed E-state index contributed by atoms with van der Waals surface area (Å²) < 4.78 is 5.93. The molecule has 1 aromatic carbocycles. The van der Waals surface area contributed by atoms with E-state index in [1.54, 1.807) is 0 Å². The van der Waals surface area contributed by atoms with Gasteiger partial charge in [0.2, 0.25) is 0 Å². The summed E-state index contributed by atoms with van der Waals surface area (Å²) in [6, 6.07) is 15.9. The number of pyridine rings is 1. The van der Waals surface area contributed by atoms with Crippen molar-refractivity contribution in [2.75, 3.05) is 32.8 Å². The van der Waals surface area contributed by atoms with E-state index in [0.29, 0.717) is 12.1 Å². The van der Waals surface area contributed by atoms with Crippen LogP contribution < -0.4 is 0 Å². The molecule has 4 rings (SSSR count). The largest absolute Gasteiger partial charge is 0.378 e. The van der Waals surface area contributed by atoms with Crippen LogP contribution in [0.25, 0.3) is 0 Å². The molecule has 4 nitrogen and oxygen atoms in total. The van der Waals surface area contributed by atoms with Crippen LogP contribution in [0.3, 0.4) is 0 Å². The number of morpholine rings is 1. The second kappa shape index (κ2) is 6.79. The molecule has 0 saturated carbocycles. The molecule has 0 amide bonds. The lowest BCUT2D eigenvalue weighted by Gasteiger charge is -2.48. The molecule has 0 spiro atoms. The topological polar surface area (TPSA) is 28.6 Å². The summed E-state index contributed by atoms with van der Waals surface area (Å²) in [6.07, 6.45) is 3.75. The molecule has 120 valence electrons. The van der Waals surface area contributed by atoms with Crippen LogP contribution in [0, 0.1) is 0 Å². The first-order chi connectivity index (χ1) is 11.4. The van der Waals surface area contributed by atoms with Gasteiger partial charge in [-0.1, -0.05) is 30.3 Å². The monoisotopic (exact) mass is 309 g/mol. The second-order valence-electron chi connectivity index (χ2n) is 6.45. The Morgan fingerprint density at radius 1 is 1.00 bits per heavy atom. The van der Waals surface area contributed by atoms with Crippen LogP contribution >= 0.6 is 0 Å². The first-order valence-electron chi connectivity index (χ1n) is 8.40. The third-order valence-corrected chi connectivity index (χ3v) is 4.94. The fourth-order valence-corrected chi connectivity index (χ4v) is 3.76. The zero-order valence-electron chi connectivity index (χ0n) is 13.3.